The van der Waals surface area contributed by atoms with Gasteiger partial charge in [-0.2, -0.15) is 11.8 Å². The molecule has 0 aromatic carbocycles. The first-order valence-electron chi connectivity index (χ1n) is 6.35. The van der Waals surface area contributed by atoms with E-state index in [1.54, 1.807) is 4.90 Å². The van der Waals surface area contributed by atoms with E-state index in [2.05, 4.69) is 12.2 Å². The van der Waals surface area contributed by atoms with Crippen molar-refractivity contribution >= 4 is 23.6 Å². The Morgan fingerprint density at radius 2 is 2.18 bits per heavy atom. The van der Waals surface area contributed by atoms with Crippen LogP contribution in [0.25, 0.3) is 0 Å². The number of nitrogens with one attached hydrogen (secondary N) is 1. The molecule has 0 aromatic rings. The molecular formula is C12H22N2O2S. The van der Waals surface area contributed by atoms with Gasteiger partial charge < -0.3 is 10.2 Å². The van der Waals surface area contributed by atoms with Crippen molar-refractivity contribution in [1.82, 2.24) is 10.2 Å². The summed E-state index contributed by atoms with van der Waals surface area (Å²) in [5, 5.41) is 2.66. The molecule has 1 aliphatic rings. The zero-order chi connectivity index (χ0) is 12.7. The fourth-order valence-electron chi connectivity index (χ4n) is 2.02. The Labute approximate surface area is 108 Å². The van der Waals surface area contributed by atoms with Crippen molar-refractivity contribution in [2.75, 3.05) is 24.6 Å². The molecule has 1 N–H and O–H groups in total. The van der Waals surface area contributed by atoms with Crippen LogP contribution in [0.1, 0.15) is 33.1 Å². The van der Waals surface area contributed by atoms with Crippen molar-refractivity contribution in [2.45, 2.75) is 39.2 Å². The molecule has 5 heteroatoms. The van der Waals surface area contributed by atoms with Crippen molar-refractivity contribution in [3.8, 4) is 0 Å². The normalized spacial score (nSPS) is 20.6. The second-order valence-electron chi connectivity index (χ2n) is 4.16. The lowest BCUT2D eigenvalue weighted by atomic mass is 10.1. The summed E-state index contributed by atoms with van der Waals surface area (Å²) in [7, 11) is 0. The predicted molar refractivity (Wildman–Crippen MR) is 71.0 cm³/mol. The maximum absolute atomic E-state index is 11.8. The SMILES string of the molecule is CCCC1C(=O)NCC(=O)N1CCCSCC. The predicted octanol–water partition coefficient (Wildman–Crippen LogP) is 1.26. The third-order valence-corrected chi connectivity index (χ3v) is 3.85. The van der Waals surface area contributed by atoms with E-state index in [1.165, 1.54) is 0 Å². The molecule has 1 heterocycles. The minimum atomic E-state index is -0.243. The summed E-state index contributed by atoms with van der Waals surface area (Å²) >= 11 is 1.87. The number of hydrogen-bond acceptors (Lipinski definition) is 3. The van der Waals surface area contributed by atoms with E-state index < -0.39 is 0 Å². The monoisotopic (exact) mass is 258 g/mol. The molecule has 0 aromatic heterocycles. The number of nitrogens with zero attached hydrogens (tertiary/aromatic N) is 1. The standard InChI is InChI=1S/C12H22N2O2S/c1-3-6-10-12(16)13-9-11(15)14(10)7-5-8-17-4-2/h10H,3-9H2,1-2H3,(H,13,16). The minimum absolute atomic E-state index is 0.00888. The Bertz CT molecular complexity index is 271. The molecular weight excluding hydrogens is 236 g/mol. The van der Waals surface area contributed by atoms with Crippen LogP contribution in [-0.4, -0.2) is 47.4 Å². The lowest BCUT2D eigenvalue weighted by Gasteiger charge is -2.34. The van der Waals surface area contributed by atoms with E-state index >= 15 is 0 Å². The molecule has 0 bridgehead atoms. The average molecular weight is 258 g/mol. The molecule has 2 amide bonds. The number of thioether (sulfide) groups is 1. The highest BCUT2D eigenvalue weighted by Crippen LogP contribution is 2.13. The average Bonchev–Trinajstić information content (AvgIpc) is 2.32. The molecule has 98 valence electrons. The van der Waals surface area contributed by atoms with Gasteiger partial charge in [-0.25, -0.2) is 0 Å². The van der Waals surface area contributed by atoms with Gasteiger partial charge in [-0.15, -0.1) is 0 Å². The fraction of sp³-hybridized carbons (Fsp3) is 0.833. The molecule has 0 radical (unpaired) electrons. The van der Waals surface area contributed by atoms with Crippen LogP contribution in [0.2, 0.25) is 0 Å². The Morgan fingerprint density at radius 3 is 2.82 bits per heavy atom. The van der Waals surface area contributed by atoms with Gasteiger partial charge in [0.2, 0.25) is 11.8 Å². The quantitative estimate of drug-likeness (QED) is 0.699. The lowest BCUT2D eigenvalue weighted by molar-refractivity contribution is -0.145. The van der Waals surface area contributed by atoms with Gasteiger partial charge in [0.25, 0.3) is 0 Å². The number of carbonyl (C=O) groups is 2. The molecule has 0 aliphatic carbocycles. The Morgan fingerprint density at radius 1 is 1.41 bits per heavy atom. The zero-order valence-electron chi connectivity index (χ0n) is 10.7. The zero-order valence-corrected chi connectivity index (χ0v) is 11.5. The molecule has 1 fully saturated rings. The summed E-state index contributed by atoms with van der Waals surface area (Å²) in [4.78, 5) is 25.3. The van der Waals surface area contributed by atoms with E-state index in [-0.39, 0.29) is 24.4 Å². The maximum Gasteiger partial charge on any atom is 0.243 e. The molecule has 0 spiro atoms. The van der Waals surface area contributed by atoms with E-state index in [1.807, 2.05) is 18.7 Å². The van der Waals surface area contributed by atoms with Crippen LogP contribution in [0.4, 0.5) is 0 Å². The Hall–Kier alpha value is -0.710. The second-order valence-corrected chi connectivity index (χ2v) is 5.55. The third kappa shape index (κ3) is 4.22. The van der Waals surface area contributed by atoms with Crippen LogP contribution in [0, 0.1) is 0 Å². The largest absolute Gasteiger partial charge is 0.345 e. The van der Waals surface area contributed by atoms with Crippen LogP contribution in [0.15, 0.2) is 0 Å². The Kier molecular flexibility index (Phi) is 6.40. The van der Waals surface area contributed by atoms with Gasteiger partial charge in [0, 0.05) is 6.54 Å². The summed E-state index contributed by atoms with van der Waals surface area (Å²) in [6.07, 6.45) is 2.65. The number of amides is 2. The molecule has 1 aliphatic heterocycles. The summed E-state index contributed by atoms with van der Waals surface area (Å²) in [5.41, 5.74) is 0. The van der Waals surface area contributed by atoms with Gasteiger partial charge in [-0.05, 0) is 24.3 Å². The molecule has 17 heavy (non-hydrogen) atoms. The first-order chi connectivity index (χ1) is 8.20. The molecule has 4 nitrogen and oxygen atoms in total. The number of piperazine rings is 1. The van der Waals surface area contributed by atoms with Crippen LogP contribution in [-0.2, 0) is 9.59 Å². The molecule has 0 saturated carbocycles. The lowest BCUT2D eigenvalue weighted by Crippen LogP contribution is -2.58. The van der Waals surface area contributed by atoms with Gasteiger partial charge in [0.05, 0.1) is 6.54 Å². The number of hydrogen-bond donors (Lipinski definition) is 1. The van der Waals surface area contributed by atoms with Crippen molar-refractivity contribution in [3.63, 3.8) is 0 Å². The third-order valence-electron chi connectivity index (χ3n) is 2.87. The second kappa shape index (κ2) is 7.58. The van der Waals surface area contributed by atoms with Crippen molar-refractivity contribution in [3.05, 3.63) is 0 Å². The topological polar surface area (TPSA) is 49.4 Å². The van der Waals surface area contributed by atoms with Gasteiger partial charge in [0.1, 0.15) is 6.04 Å². The molecule has 1 unspecified atom stereocenters. The van der Waals surface area contributed by atoms with Gasteiger partial charge in [-0.3, -0.25) is 9.59 Å². The van der Waals surface area contributed by atoms with Crippen LogP contribution < -0.4 is 5.32 Å². The van der Waals surface area contributed by atoms with Gasteiger partial charge >= 0.3 is 0 Å². The highest BCUT2D eigenvalue weighted by molar-refractivity contribution is 7.99. The first kappa shape index (κ1) is 14.4. The smallest absolute Gasteiger partial charge is 0.243 e. The maximum atomic E-state index is 11.8. The molecule has 1 rings (SSSR count). The first-order valence-corrected chi connectivity index (χ1v) is 7.51. The summed E-state index contributed by atoms with van der Waals surface area (Å²) in [6.45, 7) is 5.05. The van der Waals surface area contributed by atoms with Crippen LogP contribution in [0.3, 0.4) is 0 Å². The van der Waals surface area contributed by atoms with Gasteiger partial charge in [0.15, 0.2) is 0 Å². The molecule has 1 atom stereocenters. The summed E-state index contributed by atoms with van der Waals surface area (Å²) in [5.74, 6) is 2.23. The molecule has 1 saturated heterocycles. The Balaban J connectivity index is 2.49. The van der Waals surface area contributed by atoms with Gasteiger partial charge in [-0.1, -0.05) is 20.3 Å². The fourth-order valence-corrected chi connectivity index (χ4v) is 2.64. The number of carbonyl (C=O) groups excluding carboxylic acids is 2. The number of rotatable bonds is 7. The van der Waals surface area contributed by atoms with E-state index in [0.717, 1.165) is 30.8 Å². The summed E-state index contributed by atoms with van der Waals surface area (Å²) < 4.78 is 0. The van der Waals surface area contributed by atoms with Crippen molar-refractivity contribution in [2.24, 2.45) is 0 Å². The summed E-state index contributed by atoms with van der Waals surface area (Å²) in [6, 6.07) is -0.243. The highest BCUT2D eigenvalue weighted by atomic mass is 32.2. The van der Waals surface area contributed by atoms with E-state index in [9.17, 15) is 9.59 Å². The highest BCUT2D eigenvalue weighted by Gasteiger charge is 2.32. The van der Waals surface area contributed by atoms with Crippen molar-refractivity contribution in [1.29, 1.82) is 0 Å². The van der Waals surface area contributed by atoms with Crippen LogP contribution >= 0.6 is 11.8 Å². The van der Waals surface area contributed by atoms with Crippen LogP contribution in [0.5, 0.6) is 0 Å². The van der Waals surface area contributed by atoms with Crippen molar-refractivity contribution < 1.29 is 9.59 Å². The van der Waals surface area contributed by atoms with E-state index in [4.69, 9.17) is 0 Å². The van der Waals surface area contributed by atoms with E-state index in [0.29, 0.717) is 6.54 Å². The minimum Gasteiger partial charge on any atom is -0.345 e.